The molecule has 17 heavy (non-hydrogen) atoms. The molecule has 0 spiro atoms. The molecule has 0 saturated carbocycles. The molecule has 0 fully saturated rings. The van der Waals surface area contributed by atoms with Crippen LogP contribution in [-0.4, -0.2) is 24.2 Å². The summed E-state index contributed by atoms with van der Waals surface area (Å²) in [4.78, 5) is 22.4. The molecule has 0 aliphatic carbocycles. The number of nitrogens with one attached hydrogen (secondary N) is 2. The number of alkyl halides is 1. The van der Waals surface area contributed by atoms with E-state index in [9.17, 15) is 9.59 Å². The summed E-state index contributed by atoms with van der Waals surface area (Å²) in [6.45, 7) is 3.79. The van der Waals surface area contributed by atoms with E-state index in [1.807, 2.05) is 32.0 Å². The molecule has 0 aliphatic rings. The minimum atomic E-state index is -0.359. The monoisotopic (exact) mass is 254 g/mol. The van der Waals surface area contributed by atoms with Gasteiger partial charge in [-0.3, -0.25) is 9.59 Å². The number of aryl methyl sites for hydroxylation is 2. The zero-order chi connectivity index (χ0) is 12.8. The van der Waals surface area contributed by atoms with E-state index in [-0.39, 0.29) is 24.2 Å². The van der Waals surface area contributed by atoms with E-state index in [4.69, 9.17) is 11.6 Å². The van der Waals surface area contributed by atoms with Gasteiger partial charge in [-0.25, -0.2) is 0 Å². The quantitative estimate of drug-likeness (QED) is 0.802. The van der Waals surface area contributed by atoms with Gasteiger partial charge in [0.15, 0.2) is 0 Å². The van der Waals surface area contributed by atoms with Crippen molar-refractivity contribution in [3.05, 3.63) is 29.3 Å². The van der Waals surface area contributed by atoms with Crippen molar-refractivity contribution in [3.8, 4) is 0 Å². The van der Waals surface area contributed by atoms with Crippen molar-refractivity contribution in [1.29, 1.82) is 0 Å². The second-order valence-corrected chi connectivity index (χ2v) is 4.04. The Morgan fingerprint density at radius 2 is 1.94 bits per heavy atom. The third kappa shape index (κ3) is 4.44. The largest absolute Gasteiger partial charge is 0.346 e. The fraction of sp³-hybridized carbons (Fsp3) is 0.333. The van der Waals surface area contributed by atoms with Gasteiger partial charge in [-0.1, -0.05) is 12.1 Å². The minimum absolute atomic E-state index is 0.0705. The van der Waals surface area contributed by atoms with Crippen LogP contribution in [0.5, 0.6) is 0 Å². The van der Waals surface area contributed by atoms with Crippen molar-refractivity contribution in [2.45, 2.75) is 13.8 Å². The maximum Gasteiger partial charge on any atom is 0.243 e. The average molecular weight is 255 g/mol. The topological polar surface area (TPSA) is 58.2 Å². The Morgan fingerprint density at radius 3 is 2.59 bits per heavy atom. The zero-order valence-electron chi connectivity index (χ0n) is 9.84. The summed E-state index contributed by atoms with van der Waals surface area (Å²) < 4.78 is 0. The summed E-state index contributed by atoms with van der Waals surface area (Å²) in [7, 11) is 0. The molecule has 0 heterocycles. The lowest BCUT2D eigenvalue weighted by atomic mass is 10.1. The number of hydrogen-bond acceptors (Lipinski definition) is 2. The summed E-state index contributed by atoms with van der Waals surface area (Å²) in [5.74, 6) is -0.767. The molecule has 92 valence electrons. The van der Waals surface area contributed by atoms with Crippen LogP contribution < -0.4 is 10.6 Å². The van der Waals surface area contributed by atoms with Crippen LogP contribution >= 0.6 is 11.6 Å². The first-order valence-electron chi connectivity index (χ1n) is 5.22. The van der Waals surface area contributed by atoms with Crippen LogP contribution in [0.3, 0.4) is 0 Å². The van der Waals surface area contributed by atoms with E-state index in [1.165, 1.54) is 0 Å². The highest BCUT2D eigenvalue weighted by Gasteiger charge is 2.06. The van der Waals surface area contributed by atoms with Crippen LogP contribution in [0.25, 0.3) is 0 Å². The van der Waals surface area contributed by atoms with E-state index in [0.717, 1.165) is 16.8 Å². The Morgan fingerprint density at radius 1 is 1.24 bits per heavy atom. The smallest absolute Gasteiger partial charge is 0.243 e. The molecule has 0 aromatic heterocycles. The number of carbonyl (C=O) groups excluding carboxylic acids is 2. The fourth-order valence-corrected chi connectivity index (χ4v) is 1.39. The van der Waals surface area contributed by atoms with Crippen LogP contribution in [0.15, 0.2) is 18.2 Å². The number of benzene rings is 1. The Balaban J connectivity index is 2.56. The van der Waals surface area contributed by atoms with Gasteiger partial charge in [0.2, 0.25) is 11.8 Å². The van der Waals surface area contributed by atoms with Crippen molar-refractivity contribution in [2.24, 2.45) is 0 Å². The maximum absolute atomic E-state index is 11.5. The molecular formula is C12H15ClN2O2. The lowest BCUT2D eigenvalue weighted by Crippen LogP contribution is -2.33. The number of rotatable bonds is 4. The molecule has 5 heteroatoms. The van der Waals surface area contributed by atoms with Crippen molar-refractivity contribution in [3.63, 3.8) is 0 Å². The molecule has 0 atom stereocenters. The molecule has 2 amide bonds. The summed E-state index contributed by atoms with van der Waals surface area (Å²) in [6.07, 6.45) is 0. The minimum Gasteiger partial charge on any atom is -0.346 e. The van der Waals surface area contributed by atoms with Crippen molar-refractivity contribution >= 4 is 29.1 Å². The van der Waals surface area contributed by atoms with Crippen molar-refractivity contribution in [1.82, 2.24) is 5.32 Å². The summed E-state index contributed by atoms with van der Waals surface area (Å²) in [5, 5.41) is 5.14. The van der Waals surface area contributed by atoms with Gasteiger partial charge in [-0.15, -0.1) is 11.6 Å². The third-order valence-corrected chi connectivity index (χ3v) is 2.48. The predicted octanol–water partition coefficient (Wildman–Crippen LogP) is 1.60. The van der Waals surface area contributed by atoms with Crippen LogP contribution in [-0.2, 0) is 9.59 Å². The molecule has 0 bridgehead atoms. The molecule has 0 saturated heterocycles. The van der Waals surface area contributed by atoms with Gasteiger partial charge in [-0.2, -0.15) is 0 Å². The van der Waals surface area contributed by atoms with Crippen LogP contribution in [0.4, 0.5) is 5.69 Å². The summed E-state index contributed by atoms with van der Waals surface area (Å²) in [5.41, 5.74) is 2.80. The van der Waals surface area contributed by atoms with Crippen molar-refractivity contribution < 1.29 is 9.59 Å². The van der Waals surface area contributed by atoms with Crippen molar-refractivity contribution in [2.75, 3.05) is 17.7 Å². The molecule has 1 aromatic rings. The first kappa shape index (κ1) is 13.5. The summed E-state index contributed by atoms with van der Waals surface area (Å²) in [6, 6.07) is 5.79. The van der Waals surface area contributed by atoms with Crippen LogP contribution in [0, 0.1) is 13.8 Å². The number of amides is 2. The van der Waals surface area contributed by atoms with Gasteiger partial charge < -0.3 is 10.6 Å². The molecular weight excluding hydrogens is 240 g/mol. The first-order valence-corrected chi connectivity index (χ1v) is 5.76. The van der Waals surface area contributed by atoms with E-state index in [1.54, 1.807) is 0 Å². The van der Waals surface area contributed by atoms with Gasteiger partial charge in [0.05, 0.1) is 6.54 Å². The average Bonchev–Trinajstić information content (AvgIpc) is 2.30. The molecule has 1 rings (SSSR count). The van der Waals surface area contributed by atoms with E-state index in [2.05, 4.69) is 10.6 Å². The highest BCUT2D eigenvalue weighted by atomic mass is 35.5. The Labute approximate surface area is 105 Å². The van der Waals surface area contributed by atoms with Gasteiger partial charge in [0.1, 0.15) is 5.88 Å². The first-order chi connectivity index (χ1) is 8.02. The highest BCUT2D eigenvalue weighted by Crippen LogP contribution is 2.15. The Bertz CT molecular complexity index is 433. The molecule has 2 N–H and O–H groups in total. The second-order valence-electron chi connectivity index (χ2n) is 3.78. The Kier molecular flexibility index (Phi) is 4.97. The number of hydrogen-bond donors (Lipinski definition) is 2. The zero-order valence-corrected chi connectivity index (χ0v) is 10.6. The molecule has 0 unspecified atom stereocenters. The third-order valence-electron chi connectivity index (χ3n) is 2.23. The molecule has 4 nitrogen and oxygen atoms in total. The van der Waals surface area contributed by atoms with E-state index in [0.29, 0.717) is 0 Å². The maximum atomic E-state index is 11.5. The molecule has 0 aliphatic heterocycles. The normalized spacial score (nSPS) is 9.82. The fourth-order valence-electron chi connectivity index (χ4n) is 1.29. The second kappa shape index (κ2) is 6.25. The standard InChI is InChI=1S/C12H15ClN2O2/c1-8-3-4-9(2)10(5-8)15-12(17)7-14-11(16)6-13/h3-5H,6-7H2,1-2H3,(H,14,16)(H,15,17). The molecule has 1 aromatic carbocycles. The Hall–Kier alpha value is -1.55. The molecule has 0 radical (unpaired) electrons. The van der Waals surface area contributed by atoms with E-state index >= 15 is 0 Å². The van der Waals surface area contributed by atoms with Gasteiger partial charge in [0.25, 0.3) is 0 Å². The van der Waals surface area contributed by atoms with E-state index < -0.39 is 0 Å². The van der Waals surface area contributed by atoms with Gasteiger partial charge in [-0.05, 0) is 31.0 Å². The lowest BCUT2D eigenvalue weighted by Gasteiger charge is -2.09. The highest BCUT2D eigenvalue weighted by molar-refractivity contribution is 6.27. The lowest BCUT2D eigenvalue weighted by molar-refractivity contribution is -0.122. The van der Waals surface area contributed by atoms with Gasteiger partial charge in [0, 0.05) is 5.69 Å². The number of carbonyl (C=O) groups is 2. The van der Waals surface area contributed by atoms with Crippen LogP contribution in [0.1, 0.15) is 11.1 Å². The number of anilines is 1. The number of halogens is 1. The van der Waals surface area contributed by atoms with Gasteiger partial charge >= 0.3 is 0 Å². The summed E-state index contributed by atoms with van der Waals surface area (Å²) >= 11 is 5.30. The van der Waals surface area contributed by atoms with Crippen LogP contribution in [0.2, 0.25) is 0 Å². The predicted molar refractivity (Wildman–Crippen MR) is 68.3 cm³/mol. The SMILES string of the molecule is Cc1ccc(C)c(NC(=O)CNC(=O)CCl)c1.